The molecule has 2 aromatic rings. The molecule has 142 valence electrons. The molecule has 28 heavy (non-hydrogen) atoms. The van der Waals surface area contributed by atoms with E-state index >= 15 is 0 Å². The van der Waals surface area contributed by atoms with E-state index in [0.717, 1.165) is 19.9 Å². The summed E-state index contributed by atoms with van der Waals surface area (Å²) in [5, 5.41) is 11.8. The molecule has 0 atom stereocenters. The van der Waals surface area contributed by atoms with Crippen molar-refractivity contribution in [3.8, 4) is 0 Å². The van der Waals surface area contributed by atoms with Gasteiger partial charge >= 0.3 is 11.9 Å². The Morgan fingerprint density at radius 3 is 1.93 bits per heavy atom. The molecule has 0 amide bonds. The monoisotopic (exact) mass is 383 g/mol. The molecule has 0 fully saturated rings. The quantitative estimate of drug-likeness (QED) is 0.291. The van der Waals surface area contributed by atoms with Crippen LogP contribution in [0.25, 0.3) is 0 Å². The summed E-state index contributed by atoms with van der Waals surface area (Å²) in [5.74, 6) is -2.98. The molecule has 1 aliphatic rings. The number of ketones is 2. The van der Waals surface area contributed by atoms with E-state index in [1.54, 1.807) is 6.07 Å². The van der Waals surface area contributed by atoms with Crippen molar-refractivity contribution in [1.29, 1.82) is 0 Å². The van der Waals surface area contributed by atoms with Crippen molar-refractivity contribution in [3.63, 3.8) is 0 Å². The summed E-state index contributed by atoms with van der Waals surface area (Å²) in [5.41, 5.74) is -1.50. The predicted molar refractivity (Wildman–Crippen MR) is 92.7 cm³/mol. The molecule has 9 heteroatoms. The second-order valence-electron chi connectivity index (χ2n) is 5.94. The Balaban J connectivity index is 2.27. The fourth-order valence-corrected chi connectivity index (χ4v) is 3.02. The van der Waals surface area contributed by atoms with Gasteiger partial charge in [0, 0.05) is 30.5 Å². The van der Waals surface area contributed by atoms with Crippen LogP contribution < -0.4 is 0 Å². The first-order chi connectivity index (χ1) is 13.2. The topological polar surface area (TPSA) is 130 Å². The van der Waals surface area contributed by atoms with Crippen LogP contribution >= 0.6 is 0 Å². The second-order valence-corrected chi connectivity index (χ2v) is 5.94. The summed E-state index contributed by atoms with van der Waals surface area (Å²) in [6.45, 7) is 2.07. The molecule has 0 spiro atoms. The van der Waals surface area contributed by atoms with Gasteiger partial charge in [0.15, 0.2) is 5.78 Å². The molecule has 2 aromatic carbocycles. The van der Waals surface area contributed by atoms with E-state index in [0.29, 0.717) is 0 Å². The third-order valence-electron chi connectivity index (χ3n) is 4.08. The summed E-state index contributed by atoms with van der Waals surface area (Å²) >= 11 is 0. The smallest absolute Gasteiger partial charge is 0.305 e. The summed E-state index contributed by atoms with van der Waals surface area (Å²) in [6, 6.07) is 8.31. The van der Waals surface area contributed by atoms with Crippen LogP contribution in [0.5, 0.6) is 0 Å². The van der Waals surface area contributed by atoms with Crippen LogP contribution in [0.2, 0.25) is 0 Å². The summed E-state index contributed by atoms with van der Waals surface area (Å²) in [7, 11) is 0. The molecular formula is C19H13NO8. The maximum absolute atomic E-state index is 12.9. The minimum Gasteiger partial charge on any atom is -0.420 e. The number of nitrogens with zero attached hydrogens (tertiary/aromatic N) is 1. The highest BCUT2D eigenvalue weighted by molar-refractivity contribution is 6.29. The van der Waals surface area contributed by atoms with Gasteiger partial charge in [0.1, 0.15) is 11.1 Å². The van der Waals surface area contributed by atoms with Gasteiger partial charge < -0.3 is 9.47 Å². The van der Waals surface area contributed by atoms with Gasteiger partial charge in [-0.15, -0.1) is 0 Å². The number of nitro groups is 1. The number of esters is 2. The lowest BCUT2D eigenvalue weighted by molar-refractivity contribution is -0.387. The second kappa shape index (κ2) is 7.03. The first-order valence-electron chi connectivity index (χ1n) is 8.06. The molecule has 0 saturated heterocycles. The summed E-state index contributed by atoms with van der Waals surface area (Å²) in [4.78, 5) is 59.3. The molecule has 0 saturated carbocycles. The lowest BCUT2D eigenvalue weighted by Crippen LogP contribution is -2.24. The maximum Gasteiger partial charge on any atom is 0.305 e. The number of rotatable bonds is 4. The van der Waals surface area contributed by atoms with E-state index in [4.69, 9.17) is 9.47 Å². The van der Waals surface area contributed by atoms with Crippen LogP contribution in [0.1, 0.15) is 57.5 Å². The van der Waals surface area contributed by atoms with Gasteiger partial charge in [-0.1, -0.05) is 24.3 Å². The van der Waals surface area contributed by atoms with Crippen molar-refractivity contribution >= 4 is 29.2 Å². The van der Waals surface area contributed by atoms with Gasteiger partial charge in [0.05, 0.1) is 4.92 Å². The Hall–Kier alpha value is -3.88. The number of carbonyl (C=O) groups is 4. The maximum atomic E-state index is 12.9. The fourth-order valence-electron chi connectivity index (χ4n) is 3.02. The zero-order valence-corrected chi connectivity index (χ0v) is 14.8. The van der Waals surface area contributed by atoms with Crippen LogP contribution in [0, 0.1) is 10.1 Å². The number of fused-ring (bicyclic) bond motifs is 2. The standard InChI is InChI=1S/C19H13NO8/c1-9(21)27-19(28-10(2)22)14-8-7-13-15(16(14)20(25)26)18(24)12-6-4-3-5-11(12)17(13)23/h3-8,19H,1-2H3. The molecule has 0 bridgehead atoms. The van der Waals surface area contributed by atoms with Crippen LogP contribution in [0.4, 0.5) is 5.69 Å². The Morgan fingerprint density at radius 1 is 0.893 bits per heavy atom. The molecule has 9 nitrogen and oxygen atoms in total. The predicted octanol–water partition coefficient (Wildman–Crippen LogP) is 2.50. The zero-order chi connectivity index (χ0) is 20.6. The van der Waals surface area contributed by atoms with E-state index < -0.39 is 46.0 Å². The molecular weight excluding hydrogens is 370 g/mol. The van der Waals surface area contributed by atoms with E-state index in [-0.39, 0.29) is 22.3 Å². The van der Waals surface area contributed by atoms with Crippen molar-refractivity contribution in [2.75, 3.05) is 0 Å². The first-order valence-corrected chi connectivity index (χ1v) is 8.06. The molecule has 0 aromatic heterocycles. The highest BCUT2D eigenvalue weighted by Crippen LogP contribution is 2.39. The summed E-state index contributed by atoms with van der Waals surface area (Å²) in [6.07, 6.45) is -1.74. The number of benzene rings is 2. The number of carbonyl (C=O) groups excluding carboxylic acids is 4. The van der Waals surface area contributed by atoms with Gasteiger partial charge in [-0.05, 0) is 12.1 Å². The van der Waals surface area contributed by atoms with Crippen molar-refractivity contribution in [3.05, 3.63) is 74.3 Å². The lowest BCUT2D eigenvalue weighted by atomic mass is 9.82. The van der Waals surface area contributed by atoms with Gasteiger partial charge in [0.2, 0.25) is 5.78 Å². The van der Waals surface area contributed by atoms with Crippen molar-refractivity contribution in [1.82, 2.24) is 0 Å². The van der Waals surface area contributed by atoms with Gasteiger partial charge in [-0.2, -0.15) is 0 Å². The first kappa shape index (κ1) is 18.9. The Morgan fingerprint density at radius 2 is 1.43 bits per heavy atom. The lowest BCUT2D eigenvalue weighted by Gasteiger charge is -2.21. The largest absolute Gasteiger partial charge is 0.420 e. The third kappa shape index (κ3) is 3.13. The average molecular weight is 383 g/mol. The molecule has 0 radical (unpaired) electrons. The van der Waals surface area contributed by atoms with Gasteiger partial charge in [0.25, 0.3) is 12.0 Å². The van der Waals surface area contributed by atoms with E-state index in [1.807, 2.05) is 0 Å². The van der Waals surface area contributed by atoms with E-state index in [1.165, 1.54) is 24.3 Å². The average Bonchev–Trinajstić information content (AvgIpc) is 2.63. The van der Waals surface area contributed by atoms with Crippen molar-refractivity contribution in [2.24, 2.45) is 0 Å². The number of ether oxygens (including phenoxy) is 2. The molecule has 0 unspecified atom stereocenters. The Labute approximate surface area is 158 Å². The van der Waals surface area contributed by atoms with Gasteiger partial charge in [-0.25, -0.2) is 0 Å². The van der Waals surface area contributed by atoms with Crippen LogP contribution in [-0.4, -0.2) is 28.4 Å². The molecule has 0 heterocycles. The van der Waals surface area contributed by atoms with E-state index in [9.17, 15) is 29.3 Å². The number of nitro benzene ring substituents is 1. The van der Waals surface area contributed by atoms with Crippen LogP contribution in [0.3, 0.4) is 0 Å². The normalized spacial score (nSPS) is 12.2. The van der Waals surface area contributed by atoms with Gasteiger partial charge in [-0.3, -0.25) is 29.3 Å². The Kier molecular flexibility index (Phi) is 4.74. The highest BCUT2D eigenvalue weighted by atomic mass is 16.7. The zero-order valence-electron chi connectivity index (χ0n) is 14.8. The van der Waals surface area contributed by atoms with Crippen molar-refractivity contribution in [2.45, 2.75) is 20.1 Å². The molecule has 3 rings (SSSR count). The fraction of sp³-hybridized carbons (Fsp3) is 0.158. The summed E-state index contributed by atoms with van der Waals surface area (Å²) < 4.78 is 9.76. The third-order valence-corrected chi connectivity index (χ3v) is 4.08. The Bertz CT molecular complexity index is 1040. The SMILES string of the molecule is CC(=O)OC(OC(C)=O)c1ccc2c(c1[N+](=O)[O-])C(=O)c1ccccc1C2=O. The minimum atomic E-state index is -1.74. The van der Waals surface area contributed by atoms with Crippen molar-refractivity contribution < 1.29 is 33.6 Å². The number of hydrogen-bond acceptors (Lipinski definition) is 8. The highest BCUT2D eigenvalue weighted by Gasteiger charge is 2.40. The molecule has 1 aliphatic carbocycles. The molecule has 0 aliphatic heterocycles. The number of hydrogen-bond donors (Lipinski definition) is 0. The molecule has 0 N–H and O–H groups in total. The van der Waals surface area contributed by atoms with E-state index in [2.05, 4.69) is 0 Å². The van der Waals surface area contributed by atoms with Crippen LogP contribution in [0.15, 0.2) is 36.4 Å². The van der Waals surface area contributed by atoms with Crippen LogP contribution in [-0.2, 0) is 19.1 Å². The minimum absolute atomic E-state index is 0.0248.